The molecule has 0 saturated carbocycles. The van der Waals surface area contributed by atoms with Crippen LogP contribution >= 0.6 is 11.8 Å². The summed E-state index contributed by atoms with van der Waals surface area (Å²) >= 11 is 1.75. The van der Waals surface area contributed by atoms with Gasteiger partial charge in [0.05, 0.1) is 6.54 Å². The number of carbonyl (C=O) groups is 1. The molecule has 72 valence electrons. The molecule has 0 aromatic heterocycles. The SMILES string of the molecule is CNCC(=O)NCC(C)(C)SC. The largest absolute Gasteiger partial charge is 0.354 e. The molecule has 0 atom stereocenters. The predicted octanol–water partition coefficient (Wildman–Crippen LogP) is 0.464. The fourth-order valence-corrected chi connectivity index (χ4v) is 0.823. The average molecular weight is 190 g/mol. The number of thioether (sulfide) groups is 1. The van der Waals surface area contributed by atoms with Crippen LogP contribution in [0.25, 0.3) is 0 Å². The Morgan fingerprint density at radius 2 is 2.08 bits per heavy atom. The van der Waals surface area contributed by atoms with E-state index in [0.29, 0.717) is 13.1 Å². The first-order chi connectivity index (χ1) is 5.52. The monoisotopic (exact) mass is 190 g/mol. The number of likely N-dealkylation sites (N-methyl/N-ethyl adjacent to an activating group) is 1. The Hall–Kier alpha value is -0.220. The maximum absolute atomic E-state index is 11.0. The molecule has 0 aromatic carbocycles. The molecular formula is C8H18N2OS. The van der Waals surface area contributed by atoms with Crippen LogP contribution in [0.5, 0.6) is 0 Å². The summed E-state index contributed by atoms with van der Waals surface area (Å²) in [5.74, 6) is 0.0552. The quantitative estimate of drug-likeness (QED) is 0.662. The van der Waals surface area contributed by atoms with Crippen molar-refractivity contribution in [2.45, 2.75) is 18.6 Å². The molecular weight excluding hydrogens is 172 g/mol. The van der Waals surface area contributed by atoms with E-state index in [1.54, 1.807) is 18.8 Å². The molecule has 0 heterocycles. The van der Waals surface area contributed by atoms with E-state index >= 15 is 0 Å². The highest BCUT2D eigenvalue weighted by Gasteiger charge is 2.16. The summed E-state index contributed by atoms with van der Waals surface area (Å²) in [6, 6.07) is 0. The summed E-state index contributed by atoms with van der Waals surface area (Å²) in [6.07, 6.45) is 2.05. The Balaban J connectivity index is 3.60. The summed E-state index contributed by atoms with van der Waals surface area (Å²) in [5.41, 5.74) is 0. The maximum atomic E-state index is 11.0. The van der Waals surface area contributed by atoms with Gasteiger partial charge in [0.1, 0.15) is 0 Å². The molecule has 0 saturated heterocycles. The number of carbonyl (C=O) groups excluding carboxylic acids is 1. The Morgan fingerprint density at radius 3 is 2.50 bits per heavy atom. The molecule has 2 N–H and O–H groups in total. The first-order valence-electron chi connectivity index (χ1n) is 3.98. The van der Waals surface area contributed by atoms with Crippen LogP contribution in [-0.4, -0.2) is 37.0 Å². The van der Waals surface area contributed by atoms with Crippen LogP contribution in [-0.2, 0) is 4.79 Å². The fourth-order valence-electron chi connectivity index (χ4n) is 0.607. The summed E-state index contributed by atoms with van der Waals surface area (Å²) in [5, 5.41) is 5.66. The van der Waals surface area contributed by atoms with Crippen molar-refractivity contribution < 1.29 is 4.79 Å². The molecule has 0 rings (SSSR count). The number of hydrogen-bond acceptors (Lipinski definition) is 3. The normalized spacial score (nSPS) is 11.3. The smallest absolute Gasteiger partial charge is 0.233 e. The van der Waals surface area contributed by atoms with Crippen molar-refractivity contribution in [2.24, 2.45) is 0 Å². The van der Waals surface area contributed by atoms with E-state index in [4.69, 9.17) is 0 Å². The minimum absolute atomic E-state index is 0.0552. The number of amides is 1. The van der Waals surface area contributed by atoms with Crippen molar-refractivity contribution in [3.8, 4) is 0 Å². The average Bonchev–Trinajstić information content (AvgIpc) is 2.02. The fraction of sp³-hybridized carbons (Fsp3) is 0.875. The summed E-state index contributed by atoms with van der Waals surface area (Å²) in [6.45, 7) is 5.33. The lowest BCUT2D eigenvalue weighted by molar-refractivity contribution is -0.120. The van der Waals surface area contributed by atoms with Gasteiger partial charge in [0.15, 0.2) is 0 Å². The van der Waals surface area contributed by atoms with Gasteiger partial charge in [-0.05, 0) is 27.2 Å². The van der Waals surface area contributed by atoms with E-state index in [9.17, 15) is 4.79 Å². The van der Waals surface area contributed by atoms with Crippen molar-refractivity contribution in [1.29, 1.82) is 0 Å². The lowest BCUT2D eigenvalue weighted by Gasteiger charge is -2.22. The zero-order valence-corrected chi connectivity index (χ0v) is 9.05. The Labute approximate surface area is 78.7 Å². The molecule has 3 nitrogen and oxygen atoms in total. The molecule has 0 aliphatic rings. The second-order valence-corrected chi connectivity index (χ2v) is 4.78. The summed E-state index contributed by atoms with van der Waals surface area (Å²) < 4.78 is 0.128. The van der Waals surface area contributed by atoms with E-state index in [1.165, 1.54) is 0 Å². The van der Waals surface area contributed by atoms with Gasteiger partial charge in [-0.3, -0.25) is 4.79 Å². The molecule has 0 radical (unpaired) electrons. The minimum atomic E-state index is 0.0552. The highest BCUT2D eigenvalue weighted by molar-refractivity contribution is 7.99. The highest BCUT2D eigenvalue weighted by atomic mass is 32.2. The second kappa shape index (κ2) is 5.43. The first-order valence-corrected chi connectivity index (χ1v) is 5.21. The van der Waals surface area contributed by atoms with Crippen LogP contribution in [0.1, 0.15) is 13.8 Å². The maximum Gasteiger partial charge on any atom is 0.233 e. The molecule has 0 aromatic rings. The van der Waals surface area contributed by atoms with Crippen molar-refractivity contribution in [3.63, 3.8) is 0 Å². The number of hydrogen-bond donors (Lipinski definition) is 2. The molecule has 0 aliphatic carbocycles. The van der Waals surface area contributed by atoms with E-state index in [-0.39, 0.29) is 10.7 Å². The van der Waals surface area contributed by atoms with Crippen LogP contribution in [0.3, 0.4) is 0 Å². The Bertz CT molecular complexity index is 148. The zero-order valence-electron chi connectivity index (χ0n) is 8.23. The molecule has 12 heavy (non-hydrogen) atoms. The second-order valence-electron chi connectivity index (χ2n) is 3.27. The lowest BCUT2D eigenvalue weighted by atomic mass is 10.2. The molecule has 0 unspecified atom stereocenters. The van der Waals surface area contributed by atoms with Gasteiger partial charge in [0, 0.05) is 11.3 Å². The van der Waals surface area contributed by atoms with Gasteiger partial charge in [-0.15, -0.1) is 0 Å². The van der Waals surface area contributed by atoms with E-state index < -0.39 is 0 Å². The standard InChI is InChI=1S/C8H18N2OS/c1-8(2,12-4)6-10-7(11)5-9-3/h9H,5-6H2,1-4H3,(H,10,11). The van der Waals surface area contributed by atoms with Crippen LogP contribution in [0.15, 0.2) is 0 Å². The highest BCUT2D eigenvalue weighted by Crippen LogP contribution is 2.19. The van der Waals surface area contributed by atoms with Gasteiger partial charge in [-0.1, -0.05) is 0 Å². The Kier molecular flexibility index (Phi) is 5.33. The van der Waals surface area contributed by atoms with Gasteiger partial charge in [-0.25, -0.2) is 0 Å². The van der Waals surface area contributed by atoms with Gasteiger partial charge < -0.3 is 10.6 Å². The van der Waals surface area contributed by atoms with E-state index in [1.807, 2.05) is 6.26 Å². The first kappa shape index (κ1) is 11.8. The van der Waals surface area contributed by atoms with Crippen molar-refractivity contribution in [3.05, 3.63) is 0 Å². The predicted molar refractivity (Wildman–Crippen MR) is 54.5 cm³/mol. The number of nitrogens with one attached hydrogen (secondary N) is 2. The molecule has 1 amide bonds. The van der Waals surface area contributed by atoms with Crippen LogP contribution in [0.2, 0.25) is 0 Å². The third-order valence-corrected chi connectivity index (χ3v) is 2.85. The lowest BCUT2D eigenvalue weighted by Crippen LogP contribution is -2.39. The summed E-state index contributed by atoms with van der Waals surface area (Å²) in [4.78, 5) is 11.0. The van der Waals surface area contributed by atoms with Crippen LogP contribution in [0.4, 0.5) is 0 Å². The molecule has 0 spiro atoms. The van der Waals surface area contributed by atoms with Crippen molar-refractivity contribution in [1.82, 2.24) is 10.6 Å². The van der Waals surface area contributed by atoms with Crippen LogP contribution in [0, 0.1) is 0 Å². The van der Waals surface area contributed by atoms with Crippen LogP contribution < -0.4 is 10.6 Å². The van der Waals surface area contributed by atoms with Gasteiger partial charge in [-0.2, -0.15) is 11.8 Å². The molecule has 4 heteroatoms. The molecule has 0 aliphatic heterocycles. The van der Waals surface area contributed by atoms with Crippen molar-refractivity contribution in [2.75, 3.05) is 26.4 Å². The van der Waals surface area contributed by atoms with Gasteiger partial charge >= 0.3 is 0 Å². The number of rotatable bonds is 5. The zero-order chi connectivity index (χ0) is 9.61. The third-order valence-electron chi connectivity index (χ3n) is 1.60. The Morgan fingerprint density at radius 1 is 1.50 bits per heavy atom. The molecule has 0 bridgehead atoms. The van der Waals surface area contributed by atoms with Gasteiger partial charge in [0.2, 0.25) is 5.91 Å². The summed E-state index contributed by atoms with van der Waals surface area (Å²) in [7, 11) is 1.76. The molecule has 0 fully saturated rings. The van der Waals surface area contributed by atoms with Crippen molar-refractivity contribution >= 4 is 17.7 Å². The topological polar surface area (TPSA) is 41.1 Å². The van der Waals surface area contributed by atoms with E-state index in [2.05, 4.69) is 24.5 Å². The minimum Gasteiger partial charge on any atom is -0.354 e. The van der Waals surface area contributed by atoms with Gasteiger partial charge in [0.25, 0.3) is 0 Å². The van der Waals surface area contributed by atoms with E-state index in [0.717, 1.165) is 0 Å². The third kappa shape index (κ3) is 5.43.